The van der Waals surface area contributed by atoms with Crippen molar-refractivity contribution in [3.8, 4) is 5.75 Å². The molecule has 31 heavy (non-hydrogen) atoms. The predicted molar refractivity (Wildman–Crippen MR) is 120 cm³/mol. The molecule has 0 saturated heterocycles. The Balaban J connectivity index is 2.23. The molecule has 1 amide bonds. The van der Waals surface area contributed by atoms with Crippen molar-refractivity contribution in [3.05, 3.63) is 65.5 Å². The number of benzene rings is 2. The molecule has 0 fully saturated rings. The number of carbonyl (C=O) groups excluding carboxylic acids is 1. The number of unbranched alkanes of at least 4 members (excludes halogenated alkanes) is 2. The first-order valence-corrected chi connectivity index (χ1v) is 11.6. The van der Waals surface area contributed by atoms with Gasteiger partial charge in [0.2, 0.25) is 15.9 Å². The molecule has 1 N–H and O–H groups in total. The van der Waals surface area contributed by atoms with Gasteiger partial charge in [-0.15, -0.1) is 0 Å². The fraction of sp³-hybridized carbons (Fsp3) is 0.348. The highest BCUT2D eigenvalue weighted by atomic mass is 32.2. The van der Waals surface area contributed by atoms with Crippen LogP contribution in [0.5, 0.6) is 5.75 Å². The minimum absolute atomic E-state index is 0.00165. The van der Waals surface area contributed by atoms with E-state index in [1.54, 1.807) is 35.2 Å². The summed E-state index contributed by atoms with van der Waals surface area (Å²) in [6, 6.07) is 10.8. The Hall–Kier alpha value is -2.71. The van der Waals surface area contributed by atoms with Gasteiger partial charge < -0.3 is 9.64 Å². The van der Waals surface area contributed by atoms with Crippen LogP contribution in [0, 0.1) is 5.82 Å². The Morgan fingerprint density at radius 1 is 1.16 bits per heavy atom. The van der Waals surface area contributed by atoms with Gasteiger partial charge in [0.25, 0.3) is 0 Å². The van der Waals surface area contributed by atoms with Gasteiger partial charge in [-0.3, -0.25) is 4.79 Å². The largest absolute Gasteiger partial charge is 0.495 e. The molecule has 0 aromatic heterocycles. The second kappa shape index (κ2) is 11.6. The summed E-state index contributed by atoms with van der Waals surface area (Å²) in [6.45, 7) is 3.04. The van der Waals surface area contributed by atoms with Gasteiger partial charge in [0.1, 0.15) is 16.5 Å². The Kier molecular flexibility index (Phi) is 9.21. The molecule has 0 spiro atoms. The Morgan fingerprint density at radius 2 is 1.87 bits per heavy atom. The maximum Gasteiger partial charge on any atom is 0.246 e. The fourth-order valence-electron chi connectivity index (χ4n) is 3.02. The molecule has 6 nitrogen and oxygen atoms in total. The van der Waals surface area contributed by atoms with Crippen LogP contribution in [-0.4, -0.2) is 39.9 Å². The standard InChI is InChI=1S/C23H29FN2O4S/c1-4-5-6-15-26(17-19-7-11-20(24)12-8-19)23(27)14-10-18-9-13-21(30-3)22(16-18)31(28,29)25-2/h7-14,16,25H,4-6,15,17H2,1-3H3/b14-10+. The number of carbonyl (C=O) groups is 1. The van der Waals surface area contributed by atoms with Crippen molar-refractivity contribution >= 4 is 22.0 Å². The summed E-state index contributed by atoms with van der Waals surface area (Å²) < 4.78 is 45.1. The normalized spacial score (nSPS) is 11.6. The molecule has 8 heteroatoms. The smallest absolute Gasteiger partial charge is 0.246 e. The van der Waals surface area contributed by atoms with E-state index in [1.165, 1.54) is 38.4 Å². The summed E-state index contributed by atoms with van der Waals surface area (Å²) in [7, 11) is -0.993. The number of sulfonamides is 1. The van der Waals surface area contributed by atoms with Crippen LogP contribution in [0.25, 0.3) is 6.08 Å². The summed E-state index contributed by atoms with van der Waals surface area (Å²) in [5, 5.41) is 0. The highest BCUT2D eigenvalue weighted by Crippen LogP contribution is 2.25. The third kappa shape index (κ3) is 7.18. The molecule has 0 aliphatic heterocycles. The number of nitrogens with zero attached hydrogens (tertiary/aromatic N) is 1. The Labute approximate surface area is 183 Å². The van der Waals surface area contributed by atoms with Gasteiger partial charge in [0.05, 0.1) is 7.11 Å². The van der Waals surface area contributed by atoms with Gasteiger partial charge in [-0.05, 0) is 54.9 Å². The summed E-state index contributed by atoms with van der Waals surface area (Å²) in [4.78, 5) is 14.6. The van der Waals surface area contributed by atoms with Crippen LogP contribution in [0.1, 0.15) is 37.3 Å². The van der Waals surface area contributed by atoms with E-state index in [1.807, 2.05) is 0 Å². The molecule has 2 aromatic carbocycles. The van der Waals surface area contributed by atoms with Gasteiger partial charge in [0, 0.05) is 19.2 Å². The number of rotatable bonds is 11. The van der Waals surface area contributed by atoms with Gasteiger partial charge in [0.15, 0.2) is 0 Å². The topological polar surface area (TPSA) is 75.7 Å². The molecule has 0 radical (unpaired) electrons. The molecule has 0 saturated carbocycles. The number of nitrogens with one attached hydrogen (secondary N) is 1. The highest BCUT2D eigenvalue weighted by Gasteiger charge is 2.18. The van der Waals surface area contributed by atoms with Gasteiger partial charge in [-0.25, -0.2) is 17.5 Å². The van der Waals surface area contributed by atoms with E-state index in [2.05, 4.69) is 11.6 Å². The number of hydrogen-bond acceptors (Lipinski definition) is 4. The zero-order chi connectivity index (χ0) is 22.9. The molecule has 0 unspecified atom stereocenters. The van der Waals surface area contributed by atoms with Crippen molar-refractivity contribution < 1.29 is 22.3 Å². The minimum atomic E-state index is -3.71. The molecule has 0 heterocycles. The number of hydrogen-bond donors (Lipinski definition) is 1. The molecule has 2 rings (SSSR count). The first-order chi connectivity index (χ1) is 14.8. The highest BCUT2D eigenvalue weighted by molar-refractivity contribution is 7.89. The van der Waals surface area contributed by atoms with Crippen LogP contribution < -0.4 is 9.46 Å². The maximum atomic E-state index is 13.2. The minimum Gasteiger partial charge on any atom is -0.495 e. The molecule has 0 bridgehead atoms. The molecular weight excluding hydrogens is 419 g/mol. The lowest BCUT2D eigenvalue weighted by atomic mass is 10.1. The van der Waals surface area contributed by atoms with E-state index < -0.39 is 10.0 Å². The van der Waals surface area contributed by atoms with Crippen molar-refractivity contribution in [3.63, 3.8) is 0 Å². The maximum absolute atomic E-state index is 13.2. The van der Waals surface area contributed by atoms with Crippen molar-refractivity contribution in [1.29, 1.82) is 0 Å². The van der Waals surface area contributed by atoms with E-state index in [0.717, 1.165) is 24.8 Å². The van der Waals surface area contributed by atoms with E-state index in [0.29, 0.717) is 18.7 Å². The lowest BCUT2D eigenvalue weighted by Gasteiger charge is -2.21. The average Bonchev–Trinajstić information content (AvgIpc) is 2.78. The third-order valence-corrected chi connectivity index (χ3v) is 6.23. The van der Waals surface area contributed by atoms with E-state index >= 15 is 0 Å². The molecule has 0 aliphatic rings. The zero-order valence-electron chi connectivity index (χ0n) is 18.1. The van der Waals surface area contributed by atoms with E-state index in [9.17, 15) is 17.6 Å². The molecular formula is C23H29FN2O4S. The van der Waals surface area contributed by atoms with E-state index in [-0.39, 0.29) is 22.4 Å². The Bertz CT molecular complexity index is 1000. The lowest BCUT2D eigenvalue weighted by Crippen LogP contribution is -2.30. The quantitative estimate of drug-likeness (QED) is 0.417. The van der Waals surface area contributed by atoms with Crippen LogP contribution in [0.4, 0.5) is 4.39 Å². The van der Waals surface area contributed by atoms with Crippen molar-refractivity contribution in [2.75, 3.05) is 20.7 Å². The first-order valence-electron chi connectivity index (χ1n) is 10.1. The number of ether oxygens (including phenoxy) is 1. The summed E-state index contributed by atoms with van der Waals surface area (Å²) >= 11 is 0. The monoisotopic (exact) mass is 448 g/mol. The molecule has 0 aliphatic carbocycles. The number of halogens is 1. The lowest BCUT2D eigenvalue weighted by molar-refractivity contribution is -0.126. The van der Waals surface area contributed by atoms with Crippen molar-refractivity contribution in [1.82, 2.24) is 9.62 Å². The predicted octanol–water partition coefficient (Wildman–Crippen LogP) is 3.97. The van der Waals surface area contributed by atoms with E-state index in [4.69, 9.17) is 4.74 Å². The first kappa shape index (κ1) is 24.6. The van der Waals surface area contributed by atoms with Crippen LogP contribution in [0.3, 0.4) is 0 Å². The average molecular weight is 449 g/mol. The van der Waals surface area contributed by atoms with Crippen molar-refractivity contribution in [2.24, 2.45) is 0 Å². The van der Waals surface area contributed by atoms with Crippen LogP contribution in [-0.2, 0) is 21.4 Å². The van der Waals surface area contributed by atoms with Gasteiger partial charge in [-0.2, -0.15) is 0 Å². The molecule has 2 aromatic rings. The fourth-order valence-corrected chi connectivity index (χ4v) is 3.95. The SMILES string of the molecule is CCCCCN(Cc1ccc(F)cc1)C(=O)/C=C/c1ccc(OC)c(S(=O)(=O)NC)c1. The Morgan fingerprint density at radius 3 is 2.48 bits per heavy atom. The number of amides is 1. The summed E-state index contributed by atoms with van der Waals surface area (Å²) in [5.74, 6) is -0.302. The number of methoxy groups -OCH3 is 1. The third-order valence-electron chi connectivity index (χ3n) is 4.79. The molecule has 168 valence electrons. The van der Waals surface area contributed by atoms with Gasteiger partial charge >= 0.3 is 0 Å². The van der Waals surface area contributed by atoms with Crippen LogP contribution >= 0.6 is 0 Å². The van der Waals surface area contributed by atoms with Crippen LogP contribution in [0.2, 0.25) is 0 Å². The van der Waals surface area contributed by atoms with Crippen molar-refractivity contribution in [2.45, 2.75) is 37.6 Å². The summed E-state index contributed by atoms with van der Waals surface area (Å²) in [5.41, 5.74) is 1.39. The van der Waals surface area contributed by atoms with Gasteiger partial charge in [-0.1, -0.05) is 38.0 Å². The molecule has 0 atom stereocenters. The second-order valence-corrected chi connectivity index (χ2v) is 8.90. The van der Waals surface area contributed by atoms with Crippen LogP contribution in [0.15, 0.2) is 53.4 Å². The zero-order valence-corrected chi connectivity index (χ0v) is 18.9. The summed E-state index contributed by atoms with van der Waals surface area (Å²) in [6.07, 6.45) is 5.90. The second-order valence-electron chi connectivity index (χ2n) is 7.04.